The molecule has 0 amide bonds. The van der Waals surface area contributed by atoms with E-state index in [1.165, 1.54) is 12.1 Å². The smallest absolute Gasteiger partial charge is 0.481 e. The Hall–Kier alpha value is -3.88. The van der Waals surface area contributed by atoms with Gasteiger partial charge in [0.2, 0.25) is 4.88 Å². The molecule has 1 unspecified atom stereocenters. The van der Waals surface area contributed by atoms with Gasteiger partial charge in [-0.25, -0.2) is 4.79 Å². The number of esters is 1. The van der Waals surface area contributed by atoms with Crippen molar-refractivity contribution in [3.05, 3.63) is 75.5 Å². The Kier molecular flexibility index (Phi) is 8.02. The van der Waals surface area contributed by atoms with Gasteiger partial charge in [-0.2, -0.15) is 0 Å². The second-order valence-corrected chi connectivity index (χ2v) is 10.2. The molecule has 8 heteroatoms. The van der Waals surface area contributed by atoms with Crippen molar-refractivity contribution in [2.75, 3.05) is 6.61 Å². The molecule has 36 heavy (non-hydrogen) atoms. The molecule has 0 saturated carbocycles. The molecule has 0 spiro atoms. The zero-order valence-corrected chi connectivity index (χ0v) is 21.0. The highest BCUT2D eigenvalue weighted by Crippen LogP contribution is 2.38. The van der Waals surface area contributed by atoms with Gasteiger partial charge >= 0.3 is 12.3 Å². The zero-order chi connectivity index (χ0) is 26.5. The summed E-state index contributed by atoms with van der Waals surface area (Å²) in [4.78, 5) is 14.4. The van der Waals surface area contributed by atoms with E-state index in [-0.39, 0.29) is 22.8 Å². The SMILES string of the molecule is C#Cc1ccc[s+]1-c1cc(C)c(OCC(=O)OC(C)(C)C#Cc2ccc(OC(F)(F)F)cc2)c(C)c1. The highest BCUT2D eigenvalue weighted by Gasteiger charge is 2.31. The predicted octanol–water partition coefficient (Wildman–Crippen LogP) is 6.67. The van der Waals surface area contributed by atoms with Crippen LogP contribution in [0.15, 0.2) is 53.9 Å². The molecule has 0 aliphatic heterocycles. The number of carbonyl (C=O) groups excluding carboxylic acids is 1. The summed E-state index contributed by atoms with van der Waals surface area (Å²) < 4.78 is 51.9. The van der Waals surface area contributed by atoms with Crippen molar-refractivity contribution >= 4 is 16.4 Å². The van der Waals surface area contributed by atoms with Crippen molar-refractivity contribution < 1.29 is 32.2 Å². The van der Waals surface area contributed by atoms with Crippen LogP contribution in [0.5, 0.6) is 11.5 Å². The Morgan fingerprint density at radius 3 is 2.28 bits per heavy atom. The first-order valence-electron chi connectivity index (χ1n) is 10.8. The third kappa shape index (κ3) is 7.31. The Labute approximate surface area is 211 Å². The van der Waals surface area contributed by atoms with Gasteiger partial charge in [-0.1, -0.05) is 11.8 Å². The van der Waals surface area contributed by atoms with Crippen molar-refractivity contribution in [1.82, 2.24) is 0 Å². The van der Waals surface area contributed by atoms with E-state index < -0.39 is 17.9 Å². The lowest BCUT2D eigenvalue weighted by atomic mass is 10.1. The van der Waals surface area contributed by atoms with Crippen LogP contribution in [0.4, 0.5) is 13.2 Å². The molecule has 0 radical (unpaired) electrons. The van der Waals surface area contributed by atoms with Crippen LogP contribution in [0.3, 0.4) is 0 Å². The van der Waals surface area contributed by atoms with Crippen LogP contribution in [-0.4, -0.2) is 24.5 Å². The number of rotatable bonds is 6. The van der Waals surface area contributed by atoms with Crippen molar-refractivity contribution in [2.45, 2.75) is 39.7 Å². The average Bonchev–Trinajstić information content (AvgIpc) is 3.25. The Balaban J connectivity index is 1.61. The number of hydrogen-bond donors (Lipinski definition) is 0. The van der Waals surface area contributed by atoms with Crippen LogP contribution in [0.2, 0.25) is 0 Å². The van der Waals surface area contributed by atoms with Gasteiger partial charge in [0.1, 0.15) is 16.9 Å². The number of hydrogen-bond acceptors (Lipinski definition) is 4. The minimum atomic E-state index is -4.76. The van der Waals surface area contributed by atoms with Crippen LogP contribution in [-0.2, 0) is 9.53 Å². The fraction of sp³-hybridized carbons (Fsp3) is 0.250. The van der Waals surface area contributed by atoms with E-state index in [9.17, 15) is 18.0 Å². The molecule has 1 heterocycles. The van der Waals surface area contributed by atoms with Crippen LogP contribution >= 0.6 is 10.5 Å². The first-order valence-corrected chi connectivity index (χ1v) is 12.1. The average molecular weight is 514 g/mol. The Morgan fingerprint density at radius 1 is 1.06 bits per heavy atom. The fourth-order valence-corrected chi connectivity index (χ4v) is 5.12. The number of terminal acetylenes is 1. The van der Waals surface area contributed by atoms with Gasteiger partial charge in [-0.3, -0.25) is 0 Å². The zero-order valence-electron chi connectivity index (χ0n) is 20.2. The molecular formula is C28H24F3O4S+. The van der Waals surface area contributed by atoms with Gasteiger partial charge in [-0.05, 0) is 75.1 Å². The summed E-state index contributed by atoms with van der Waals surface area (Å²) >= 11 is 0. The lowest BCUT2D eigenvalue weighted by Gasteiger charge is -2.19. The number of ether oxygens (including phenoxy) is 3. The highest BCUT2D eigenvalue weighted by atomic mass is 32.2. The molecule has 3 aromatic rings. The molecule has 0 saturated heterocycles. The summed E-state index contributed by atoms with van der Waals surface area (Å²) in [5.74, 6) is 7.95. The lowest BCUT2D eigenvalue weighted by molar-refractivity contribution is -0.274. The van der Waals surface area contributed by atoms with Gasteiger partial charge in [0, 0.05) is 34.2 Å². The monoisotopic (exact) mass is 513 g/mol. The minimum absolute atomic E-state index is 0.283. The molecule has 0 aliphatic carbocycles. The van der Waals surface area contributed by atoms with Crippen LogP contribution in [0, 0.1) is 38.0 Å². The quantitative estimate of drug-likeness (QED) is 0.210. The molecule has 4 nitrogen and oxygen atoms in total. The topological polar surface area (TPSA) is 44.8 Å². The second-order valence-electron chi connectivity index (χ2n) is 8.32. The maximum atomic E-state index is 12.4. The van der Waals surface area contributed by atoms with Crippen molar-refractivity contribution in [2.24, 2.45) is 0 Å². The van der Waals surface area contributed by atoms with Crippen LogP contribution in [0.1, 0.15) is 35.4 Å². The summed E-state index contributed by atoms with van der Waals surface area (Å²) in [7, 11) is -0.283. The van der Waals surface area contributed by atoms with Crippen molar-refractivity contribution in [3.63, 3.8) is 0 Å². The van der Waals surface area contributed by atoms with E-state index in [1.807, 2.05) is 38.1 Å². The number of aryl methyl sites for hydroxylation is 2. The molecular weight excluding hydrogens is 489 g/mol. The van der Waals surface area contributed by atoms with Gasteiger partial charge in [-0.15, -0.1) is 19.6 Å². The van der Waals surface area contributed by atoms with E-state index in [0.29, 0.717) is 11.3 Å². The molecule has 186 valence electrons. The second kappa shape index (κ2) is 10.8. The number of thiophene rings is 1. The number of carbonyl (C=O) groups is 1. The van der Waals surface area contributed by atoms with Crippen molar-refractivity contribution in [1.29, 1.82) is 0 Å². The predicted molar refractivity (Wildman–Crippen MR) is 133 cm³/mol. The number of halogens is 3. The molecule has 0 aliphatic rings. The van der Waals surface area contributed by atoms with E-state index in [4.69, 9.17) is 15.9 Å². The maximum absolute atomic E-state index is 12.4. The normalized spacial score (nSPS) is 11.7. The molecule has 0 N–H and O–H groups in total. The molecule has 0 bridgehead atoms. The van der Waals surface area contributed by atoms with Crippen molar-refractivity contribution in [3.8, 4) is 40.6 Å². The first kappa shape index (κ1) is 26.7. The minimum Gasteiger partial charge on any atom is -0.481 e. The standard InChI is InChI=1S/C28H24F3O4S/c1-6-23-8-7-15-36(23)24-16-19(2)26(20(3)17-24)33-18-25(32)35-27(4,5)14-13-21-9-11-22(12-10-21)34-28(29,30)31/h1,7-12,15-17H,18H2,2-5H3/q+1. The summed E-state index contributed by atoms with van der Waals surface area (Å²) in [5, 5.41) is 2.06. The van der Waals surface area contributed by atoms with E-state index in [2.05, 4.69) is 27.9 Å². The third-order valence-corrected chi connectivity index (χ3v) is 6.73. The molecule has 3 rings (SSSR count). The molecule has 1 aromatic heterocycles. The maximum Gasteiger partial charge on any atom is 0.573 e. The summed E-state index contributed by atoms with van der Waals surface area (Å²) in [5.41, 5.74) is 1.04. The van der Waals surface area contributed by atoms with E-state index in [1.54, 1.807) is 13.8 Å². The Morgan fingerprint density at radius 2 is 1.69 bits per heavy atom. The van der Waals surface area contributed by atoms with Gasteiger partial charge in [0.05, 0.1) is 0 Å². The third-order valence-electron chi connectivity index (χ3n) is 4.83. The molecule has 2 aromatic carbocycles. The van der Waals surface area contributed by atoms with Crippen LogP contribution < -0.4 is 9.47 Å². The largest absolute Gasteiger partial charge is 0.573 e. The Bertz CT molecular complexity index is 1330. The summed E-state index contributed by atoms with van der Waals surface area (Å²) in [6, 6.07) is 13.0. The summed E-state index contributed by atoms with van der Waals surface area (Å²) in [6.45, 7) is 6.71. The first-order chi connectivity index (χ1) is 16.9. The number of benzene rings is 2. The van der Waals surface area contributed by atoms with Crippen LogP contribution in [0.25, 0.3) is 4.90 Å². The lowest BCUT2D eigenvalue weighted by Crippen LogP contribution is -2.29. The molecule has 0 fully saturated rings. The fourth-order valence-electron chi connectivity index (χ4n) is 3.37. The number of alkyl halides is 3. The van der Waals surface area contributed by atoms with Gasteiger partial charge < -0.3 is 14.2 Å². The highest BCUT2D eigenvalue weighted by molar-refractivity contribution is 7.38. The van der Waals surface area contributed by atoms with E-state index in [0.717, 1.165) is 33.0 Å². The van der Waals surface area contributed by atoms with Gasteiger partial charge in [0.25, 0.3) is 0 Å². The van der Waals surface area contributed by atoms with Gasteiger partial charge in [0.15, 0.2) is 17.1 Å². The van der Waals surface area contributed by atoms with E-state index >= 15 is 0 Å². The summed E-state index contributed by atoms with van der Waals surface area (Å²) in [6.07, 6.45) is 0.837. The molecule has 1 atom stereocenters.